The van der Waals surface area contributed by atoms with Crippen LogP contribution < -0.4 is 4.65 Å². The van der Waals surface area contributed by atoms with Crippen LogP contribution in [0.2, 0.25) is 5.02 Å². The first kappa shape index (κ1) is 10.8. The van der Waals surface area contributed by atoms with Crippen LogP contribution >= 0.6 is 11.6 Å². The Labute approximate surface area is 105 Å². The molecule has 2 nitrogen and oxygen atoms in total. The molecule has 0 aromatic heterocycles. The molecular weight excluding hydrogens is 234 g/mol. The Morgan fingerprint density at radius 2 is 1.41 bits per heavy atom. The van der Waals surface area contributed by atoms with Crippen molar-refractivity contribution in [2.75, 3.05) is 0 Å². The average Bonchev–Trinajstić information content (AvgIpc) is 2.67. The van der Waals surface area contributed by atoms with Gasteiger partial charge in [0.05, 0.1) is 0 Å². The predicted molar refractivity (Wildman–Crippen MR) is 70.5 cm³/mol. The van der Waals surface area contributed by atoms with Gasteiger partial charge in [-0.05, 0) is 12.1 Å². The van der Waals surface area contributed by atoms with Gasteiger partial charge >= 0.3 is 0 Å². The molecule has 86 valence electrons. The van der Waals surface area contributed by atoms with E-state index < -0.39 is 0 Å². The standard InChI is InChI=1S/C14H12ClNO/c15-13-5-7-14(8-6-13)16(17)9-11-3-1-2-4-12(11)10-16/h1-8H,9-10H2. The summed E-state index contributed by atoms with van der Waals surface area (Å²) in [4.78, 5) is 0. The van der Waals surface area contributed by atoms with Gasteiger partial charge in [-0.2, -0.15) is 0 Å². The van der Waals surface area contributed by atoms with Gasteiger partial charge in [0.15, 0.2) is 0 Å². The van der Waals surface area contributed by atoms with Gasteiger partial charge in [-0.3, -0.25) is 0 Å². The summed E-state index contributed by atoms with van der Waals surface area (Å²) in [5.74, 6) is 0. The van der Waals surface area contributed by atoms with Crippen LogP contribution in [0.15, 0.2) is 48.5 Å². The Kier molecular flexibility index (Phi) is 2.44. The van der Waals surface area contributed by atoms with E-state index in [1.165, 1.54) is 0 Å². The van der Waals surface area contributed by atoms with E-state index in [1.54, 1.807) is 12.1 Å². The summed E-state index contributed by atoms with van der Waals surface area (Å²) in [6.45, 7) is 1.02. The fraction of sp³-hybridized carbons (Fsp3) is 0.143. The highest BCUT2D eigenvalue weighted by Crippen LogP contribution is 2.35. The van der Waals surface area contributed by atoms with Gasteiger partial charge in [-0.1, -0.05) is 35.9 Å². The second kappa shape index (κ2) is 3.84. The Morgan fingerprint density at radius 1 is 0.882 bits per heavy atom. The van der Waals surface area contributed by atoms with E-state index in [4.69, 9.17) is 11.6 Å². The van der Waals surface area contributed by atoms with Gasteiger partial charge in [0, 0.05) is 28.3 Å². The number of halogens is 1. The largest absolute Gasteiger partial charge is 0.627 e. The third-order valence-corrected chi connectivity index (χ3v) is 3.52. The lowest BCUT2D eigenvalue weighted by atomic mass is 10.1. The third kappa shape index (κ3) is 1.84. The number of hydrogen-bond donors (Lipinski definition) is 0. The van der Waals surface area contributed by atoms with Crippen molar-refractivity contribution in [3.63, 3.8) is 0 Å². The molecule has 1 aliphatic rings. The van der Waals surface area contributed by atoms with Crippen molar-refractivity contribution in [3.05, 3.63) is 69.9 Å². The molecule has 17 heavy (non-hydrogen) atoms. The maximum atomic E-state index is 12.8. The SMILES string of the molecule is [O-][N+]1(c2ccc(Cl)cc2)Cc2ccccc2C1. The number of hydrogen-bond acceptors (Lipinski definition) is 1. The highest BCUT2D eigenvalue weighted by Gasteiger charge is 2.30. The van der Waals surface area contributed by atoms with Crippen LogP contribution in [-0.4, -0.2) is 0 Å². The van der Waals surface area contributed by atoms with Crippen molar-refractivity contribution >= 4 is 17.3 Å². The molecular formula is C14H12ClNO. The van der Waals surface area contributed by atoms with Gasteiger partial charge in [0.2, 0.25) is 0 Å². The van der Waals surface area contributed by atoms with Gasteiger partial charge in [-0.15, -0.1) is 0 Å². The topological polar surface area (TPSA) is 23.1 Å². The molecule has 3 rings (SSSR count). The lowest BCUT2D eigenvalue weighted by molar-refractivity contribution is 0.391. The minimum absolute atomic E-state index is 0.309. The number of rotatable bonds is 1. The van der Waals surface area contributed by atoms with Crippen molar-refractivity contribution in [3.8, 4) is 0 Å². The van der Waals surface area contributed by atoms with E-state index in [0.29, 0.717) is 18.1 Å². The monoisotopic (exact) mass is 245 g/mol. The molecule has 0 spiro atoms. The minimum atomic E-state index is -0.309. The van der Waals surface area contributed by atoms with Crippen LogP contribution in [0.1, 0.15) is 11.1 Å². The molecule has 0 fully saturated rings. The second-order valence-electron chi connectivity index (χ2n) is 4.45. The van der Waals surface area contributed by atoms with Crippen molar-refractivity contribution < 1.29 is 0 Å². The Bertz CT molecular complexity index is 525. The molecule has 0 unspecified atom stereocenters. The van der Waals surface area contributed by atoms with Crippen LogP contribution in [0, 0.1) is 5.21 Å². The number of benzene rings is 2. The fourth-order valence-corrected chi connectivity index (χ4v) is 2.49. The zero-order chi connectivity index (χ0) is 11.9. The molecule has 0 radical (unpaired) electrons. The zero-order valence-corrected chi connectivity index (χ0v) is 10.0. The first-order valence-electron chi connectivity index (χ1n) is 5.58. The minimum Gasteiger partial charge on any atom is -0.627 e. The normalized spacial score (nSPS) is 16.8. The molecule has 0 bridgehead atoms. The summed E-state index contributed by atoms with van der Waals surface area (Å²) in [5.41, 5.74) is 3.07. The van der Waals surface area contributed by atoms with Gasteiger partial charge < -0.3 is 9.85 Å². The van der Waals surface area contributed by atoms with Gasteiger partial charge in [-0.25, -0.2) is 0 Å². The van der Waals surface area contributed by atoms with Crippen molar-refractivity contribution in [1.29, 1.82) is 0 Å². The Balaban J connectivity index is 1.98. The Morgan fingerprint density at radius 3 is 1.94 bits per heavy atom. The molecule has 0 atom stereocenters. The molecule has 0 saturated carbocycles. The molecule has 0 N–H and O–H groups in total. The van der Waals surface area contributed by atoms with Crippen molar-refractivity contribution in [2.45, 2.75) is 13.1 Å². The summed E-state index contributed by atoms with van der Waals surface area (Å²) in [6.07, 6.45) is 0. The second-order valence-corrected chi connectivity index (χ2v) is 4.89. The number of hydroxylamine groups is 2. The molecule has 3 heteroatoms. The van der Waals surface area contributed by atoms with E-state index in [1.807, 2.05) is 36.4 Å². The smallest absolute Gasteiger partial charge is 0.133 e. The molecule has 0 aliphatic carbocycles. The van der Waals surface area contributed by atoms with E-state index >= 15 is 0 Å². The predicted octanol–water partition coefficient (Wildman–Crippen LogP) is 3.86. The highest BCUT2D eigenvalue weighted by atomic mass is 35.5. The first-order chi connectivity index (χ1) is 8.17. The molecule has 2 aromatic carbocycles. The highest BCUT2D eigenvalue weighted by molar-refractivity contribution is 6.30. The van der Waals surface area contributed by atoms with Crippen LogP contribution in [0.25, 0.3) is 0 Å². The van der Waals surface area contributed by atoms with E-state index in [2.05, 4.69) is 0 Å². The molecule has 1 heterocycles. The quantitative estimate of drug-likeness (QED) is 0.553. The molecule has 2 aromatic rings. The Hall–Kier alpha value is -1.35. The zero-order valence-electron chi connectivity index (χ0n) is 9.27. The van der Waals surface area contributed by atoms with Crippen LogP contribution in [0.5, 0.6) is 0 Å². The first-order valence-corrected chi connectivity index (χ1v) is 5.96. The van der Waals surface area contributed by atoms with Crippen LogP contribution in [0.3, 0.4) is 0 Å². The number of quaternary nitrogens is 1. The van der Waals surface area contributed by atoms with Gasteiger partial charge in [0.25, 0.3) is 0 Å². The van der Waals surface area contributed by atoms with E-state index in [-0.39, 0.29) is 4.65 Å². The maximum absolute atomic E-state index is 12.8. The summed E-state index contributed by atoms with van der Waals surface area (Å²) in [6, 6.07) is 15.2. The summed E-state index contributed by atoms with van der Waals surface area (Å²) in [7, 11) is 0. The van der Waals surface area contributed by atoms with Crippen LogP contribution in [-0.2, 0) is 13.1 Å². The van der Waals surface area contributed by atoms with Crippen molar-refractivity contribution in [1.82, 2.24) is 4.65 Å². The summed E-state index contributed by atoms with van der Waals surface area (Å²) >= 11 is 5.84. The molecule has 0 saturated heterocycles. The van der Waals surface area contributed by atoms with Crippen LogP contribution in [0.4, 0.5) is 5.69 Å². The van der Waals surface area contributed by atoms with Crippen molar-refractivity contribution in [2.24, 2.45) is 0 Å². The van der Waals surface area contributed by atoms with Gasteiger partial charge in [0.1, 0.15) is 18.8 Å². The third-order valence-electron chi connectivity index (χ3n) is 3.27. The lowest BCUT2D eigenvalue weighted by Crippen LogP contribution is -2.36. The average molecular weight is 246 g/mol. The lowest BCUT2D eigenvalue weighted by Gasteiger charge is -2.37. The number of fused-ring (bicyclic) bond motifs is 1. The summed E-state index contributed by atoms with van der Waals surface area (Å²) in [5, 5.41) is 13.4. The molecule has 1 aliphatic heterocycles. The molecule has 0 amide bonds. The fourth-order valence-electron chi connectivity index (χ4n) is 2.37. The van der Waals surface area contributed by atoms with E-state index in [0.717, 1.165) is 16.8 Å². The maximum Gasteiger partial charge on any atom is 0.133 e. The number of nitrogens with zero attached hydrogens (tertiary/aromatic N) is 1. The van der Waals surface area contributed by atoms with E-state index in [9.17, 15) is 5.21 Å². The summed E-state index contributed by atoms with van der Waals surface area (Å²) < 4.78 is -0.309.